The van der Waals surface area contributed by atoms with Gasteiger partial charge in [-0.15, -0.1) is 0 Å². The molecule has 0 aliphatic heterocycles. The van der Waals surface area contributed by atoms with Crippen LogP contribution in [0.2, 0.25) is 0 Å². The molecule has 0 fully saturated rings. The lowest BCUT2D eigenvalue weighted by Crippen LogP contribution is -2.38. The summed E-state index contributed by atoms with van der Waals surface area (Å²) in [6.45, 7) is 1.06. The number of hydrogen-bond donors (Lipinski definition) is 0. The standard InChI is InChI=1S/C10H12NO4/c1-14-8-10(15-2,11(12)13)9-6-4-3-5-7-9/h3-8H,1-2H3. The summed E-state index contributed by atoms with van der Waals surface area (Å²) in [6.07, 6.45) is 0. The highest BCUT2D eigenvalue weighted by Gasteiger charge is 2.46. The van der Waals surface area contributed by atoms with Gasteiger partial charge in [0.1, 0.15) is 0 Å². The van der Waals surface area contributed by atoms with Crippen molar-refractivity contribution in [1.29, 1.82) is 0 Å². The fourth-order valence-corrected chi connectivity index (χ4v) is 1.29. The quantitative estimate of drug-likeness (QED) is 0.420. The van der Waals surface area contributed by atoms with E-state index >= 15 is 0 Å². The van der Waals surface area contributed by atoms with Gasteiger partial charge in [-0.05, 0) is 12.1 Å². The minimum atomic E-state index is -1.74. The molecule has 1 atom stereocenters. The maximum absolute atomic E-state index is 11.0. The second-order valence-electron chi connectivity index (χ2n) is 2.88. The predicted octanol–water partition coefficient (Wildman–Crippen LogP) is 1.57. The number of benzene rings is 1. The van der Waals surface area contributed by atoms with Crippen molar-refractivity contribution in [3.05, 3.63) is 52.6 Å². The van der Waals surface area contributed by atoms with Crippen LogP contribution < -0.4 is 0 Å². The van der Waals surface area contributed by atoms with Crippen LogP contribution in [-0.4, -0.2) is 19.1 Å². The Morgan fingerprint density at radius 3 is 2.33 bits per heavy atom. The van der Waals surface area contributed by atoms with E-state index in [1.165, 1.54) is 14.2 Å². The Balaban J connectivity index is 3.15. The van der Waals surface area contributed by atoms with Crippen molar-refractivity contribution in [2.45, 2.75) is 5.72 Å². The van der Waals surface area contributed by atoms with E-state index in [9.17, 15) is 10.1 Å². The van der Waals surface area contributed by atoms with Crippen molar-refractivity contribution in [3.8, 4) is 0 Å². The Morgan fingerprint density at radius 1 is 1.33 bits per heavy atom. The third kappa shape index (κ3) is 2.14. The van der Waals surface area contributed by atoms with Gasteiger partial charge in [0.2, 0.25) is 0 Å². The maximum atomic E-state index is 11.0. The van der Waals surface area contributed by atoms with E-state index in [0.29, 0.717) is 5.56 Å². The van der Waals surface area contributed by atoms with Crippen molar-refractivity contribution in [2.75, 3.05) is 14.2 Å². The Morgan fingerprint density at radius 2 is 1.93 bits per heavy atom. The average Bonchev–Trinajstić information content (AvgIpc) is 2.26. The maximum Gasteiger partial charge on any atom is 0.380 e. The molecule has 0 aromatic heterocycles. The van der Waals surface area contributed by atoms with Gasteiger partial charge in [-0.25, -0.2) is 0 Å². The van der Waals surface area contributed by atoms with Crippen LogP contribution in [0.25, 0.3) is 0 Å². The van der Waals surface area contributed by atoms with Gasteiger partial charge in [0.05, 0.1) is 10.5 Å². The zero-order chi connectivity index (χ0) is 11.3. The molecule has 0 bridgehead atoms. The highest BCUT2D eigenvalue weighted by molar-refractivity contribution is 5.21. The van der Waals surface area contributed by atoms with E-state index in [1.54, 1.807) is 30.3 Å². The van der Waals surface area contributed by atoms with Crippen LogP contribution >= 0.6 is 0 Å². The SMILES string of the molecule is CO[CH]C(OC)(c1ccccc1)[N+](=O)[O-]. The lowest BCUT2D eigenvalue weighted by molar-refractivity contribution is -0.632. The van der Waals surface area contributed by atoms with Gasteiger partial charge in [0.25, 0.3) is 0 Å². The molecule has 1 aromatic carbocycles. The zero-order valence-corrected chi connectivity index (χ0v) is 8.54. The Bertz CT molecular complexity index is 327. The van der Waals surface area contributed by atoms with Crippen molar-refractivity contribution in [1.82, 2.24) is 0 Å². The molecular formula is C10H12NO4. The van der Waals surface area contributed by atoms with Gasteiger partial charge in [0.15, 0.2) is 6.61 Å². The first-order valence-corrected chi connectivity index (χ1v) is 4.29. The molecule has 0 aliphatic rings. The summed E-state index contributed by atoms with van der Waals surface area (Å²) in [6, 6.07) is 8.41. The van der Waals surface area contributed by atoms with Gasteiger partial charge < -0.3 is 9.47 Å². The molecule has 0 spiro atoms. The van der Waals surface area contributed by atoms with E-state index in [-0.39, 0.29) is 0 Å². The smallest absolute Gasteiger partial charge is 0.368 e. The Hall–Kier alpha value is -1.46. The summed E-state index contributed by atoms with van der Waals surface area (Å²) in [5.41, 5.74) is -1.32. The monoisotopic (exact) mass is 210 g/mol. The van der Waals surface area contributed by atoms with E-state index in [2.05, 4.69) is 0 Å². The normalized spacial score (nSPS) is 14.5. The summed E-state index contributed by atoms with van der Waals surface area (Å²) in [4.78, 5) is 10.5. The van der Waals surface area contributed by atoms with Gasteiger partial charge in [-0.3, -0.25) is 10.1 Å². The number of nitro groups is 1. The van der Waals surface area contributed by atoms with Crippen molar-refractivity contribution < 1.29 is 14.4 Å². The highest BCUT2D eigenvalue weighted by Crippen LogP contribution is 2.28. The summed E-state index contributed by atoms with van der Waals surface area (Å²) in [5.74, 6) is 0. The second kappa shape index (κ2) is 4.86. The third-order valence-corrected chi connectivity index (χ3v) is 2.05. The molecule has 1 unspecified atom stereocenters. The number of methoxy groups -OCH3 is 2. The van der Waals surface area contributed by atoms with Gasteiger partial charge in [0, 0.05) is 14.2 Å². The topological polar surface area (TPSA) is 61.6 Å². The molecule has 1 radical (unpaired) electrons. The molecule has 15 heavy (non-hydrogen) atoms. The minimum Gasteiger partial charge on any atom is -0.368 e. The second-order valence-corrected chi connectivity index (χ2v) is 2.88. The van der Waals surface area contributed by atoms with Crippen LogP contribution in [0, 0.1) is 16.7 Å². The van der Waals surface area contributed by atoms with E-state index in [4.69, 9.17) is 9.47 Å². The van der Waals surface area contributed by atoms with Crippen molar-refractivity contribution in [3.63, 3.8) is 0 Å². The molecule has 0 aliphatic carbocycles. The molecule has 5 heteroatoms. The van der Waals surface area contributed by atoms with Crippen LogP contribution in [0.5, 0.6) is 0 Å². The molecule has 0 saturated carbocycles. The molecule has 0 N–H and O–H groups in total. The Labute approximate surface area is 87.8 Å². The average molecular weight is 210 g/mol. The van der Waals surface area contributed by atoms with Gasteiger partial charge in [-0.1, -0.05) is 18.2 Å². The van der Waals surface area contributed by atoms with Gasteiger partial charge in [-0.2, -0.15) is 0 Å². The molecule has 1 rings (SSSR count). The largest absolute Gasteiger partial charge is 0.380 e. The number of ether oxygens (including phenoxy) is 2. The summed E-state index contributed by atoms with van der Waals surface area (Å²) < 4.78 is 9.67. The van der Waals surface area contributed by atoms with Gasteiger partial charge >= 0.3 is 5.72 Å². The highest BCUT2D eigenvalue weighted by atomic mass is 16.7. The first-order valence-electron chi connectivity index (χ1n) is 4.29. The molecule has 0 saturated heterocycles. The molecule has 1 aromatic rings. The fourth-order valence-electron chi connectivity index (χ4n) is 1.29. The van der Waals surface area contributed by atoms with E-state index in [0.717, 1.165) is 6.61 Å². The number of hydrogen-bond acceptors (Lipinski definition) is 4. The Kier molecular flexibility index (Phi) is 3.76. The molecule has 0 heterocycles. The van der Waals surface area contributed by atoms with Crippen LogP contribution in [0.1, 0.15) is 5.56 Å². The van der Waals surface area contributed by atoms with Crippen LogP contribution in [-0.2, 0) is 15.2 Å². The summed E-state index contributed by atoms with van der Waals surface area (Å²) in [5, 5.41) is 11.0. The third-order valence-electron chi connectivity index (χ3n) is 2.05. The predicted molar refractivity (Wildman–Crippen MR) is 53.4 cm³/mol. The van der Waals surface area contributed by atoms with Crippen LogP contribution in [0.15, 0.2) is 30.3 Å². The first kappa shape index (κ1) is 11.6. The minimum absolute atomic E-state index is 0.416. The molecule has 0 amide bonds. The lowest BCUT2D eigenvalue weighted by Gasteiger charge is -2.22. The molecule has 81 valence electrons. The van der Waals surface area contributed by atoms with E-state index < -0.39 is 10.6 Å². The lowest BCUT2D eigenvalue weighted by atomic mass is 10.0. The fraction of sp³-hybridized carbons (Fsp3) is 0.300. The molecule has 5 nitrogen and oxygen atoms in total. The van der Waals surface area contributed by atoms with E-state index in [1.807, 2.05) is 0 Å². The van der Waals surface area contributed by atoms with Crippen molar-refractivity contribution >= 4 is 0 Å². The number of nitrogens with zero attached hydrogens (tertiary/aromatic N) is 1. The van der Waals surface area contributed by atoms with Crippen LogP contribution in [0.3, 0.4) is 0 Å². The first-order chi connectivity index (χ1) is 7.17. The zero-order valence-electron chi connectivity index (χ0n) is 8.54. The van der Waals surface area contributed by atoms with Crippen LogP contribution in [0.4, 0.5) is 0 Å². The summed E-state index contributed by atoms with van der Waals surface area (Å²) >= 11 is 0. The number of rotatable bonds is 5. The summed E-state index contributed by atoms with van der Waals surface area (Å²) in [7, 11) is 2.62. The molecular weight excluding hydrogens is 198 g/mol. The van der Waals surface area contributed by atoms with Crippen molar-refractivity contribution in [2.24, 2.45) is 0 Å².